The summed E-state index contributed by atoms with van der Waals surface area (Å²) < 4.78 is 5.59. The fourth-order valence-corrected chi connectivity index (χ4v) is 7.44. The molecule has 0 spiro atoms. The second-order valence-corrected chi connectivity index (χ2v) is 9.73. The highest BCUT2D eigenvalue weighted by atomic mass is 16.5. The summed E-state index contributed by atoms with van der Waals surface area (Å²) in [7, 11) is 1.55. The minimum atomic E-state index is -1.62. The van der Waals surface area contributed by atoms with Crippen molar-refractivity contribution >= 4 is 11.6 Å². The molecule has 0 aliphatic heterocycles. The highest BCUT2D eigenvalue weighted by Gasteiger charge is 2.70. The van der Waals surface area contributed by atoms with Crippen LogP contribution >= 0.6 is 0 Å². The normalized spacial score (nSPS) is 49.1. The Morgan fingerprint density at radius 1 is 1.22 bits per heavy atom. The molecule has 3 fully saturated rings. The van der Waals surface area contributed by atoms with E-state index in [0.717, 1.165) is 32.1 Å². The van der Waals surface area contributed by atoms with Gasteiger partial charge in [0, 0.05) is 18.9 Å². The van der Waals surface area contributed by atoms with Gasteiger partial charge in [-0.2, -0.15) is 0 Å². The van der Waals surface area contributed by atoms with Crippen LogP contribution in [0.1, 0.15) is 58.8 Å². The molecule has 5 heteroatoms. The van der Waals surface area contributed by atoms with Gasteiger partial charge in [-0.3, -0.25) is 9.59 Å². The maximum Gasteiger partial charge on any atom is 0.192 e. The van der Waals surface area contributed by atoms with Gasteiger partial charge in [0.2, 0.25) is 0 Å². The van der Waals surface area contributed by atoms with Crippen molar-refractivity contribution in [1.82, 2.24) is 0 Å². The number of Topliss-reactive ketones (excluding diaryl/α,β-unsaturated/α-hetero) is 1. The first-order valence-corrected chi connectivity index (χ1v) is 10.4. The molecule has 0 bridgehead atoms. The summed E-state index contributed by atoms with van der Waals surface area (Å²) in [5.41, 5.74) is -0.822. The molecule has 5 nitrogen and oxygen atoms in total. The number of ketones is 2. The van der Waals surface area contributed by atoms with Crippen molar-refractivity contribution in [2.24, 2.45) is 28.6 Å². The first kappa shape index (κ1) is 19.3. The molecular formula is C22H32O5. The quantitative estimate of drug-likeness (QED) is 0.790. The largest absolute Gasteiger partial charge is 0.388 e. The molecule has 3 saturated carbocycles. The molecule has 150 valence electrons. The van der Waals surface area contributed by atoms with Crippen LogP contribution in [0.2, 0.25) is 0 Å². The van der Waals surface area contributed by atoms with Crippen molar-refractivity contribution in [2.75, 3.05) is 13.7 Å². The number of methoxy groups -OCH3 is 1. The van der Waals surface area contributed by atoms with Crippen molar-refractivity contribution in [3.8, 4) is 0 Å². The fourth-order valence-electron chi connectivity index (χ4n) is 7.44. The number of aliphatic hydroxyl groups excluding tert-OH is 1. The number of hydrogen-bond donors (Lipinski definition) is 2. The second kappa shape index (κ2) is 6.23. The lowest BCUT2D eigenvalue weighted by molar-refractivity contribution is -0.181. The highest BCUT2D eigenvalue weighted by molar-refractivity contribution is 5.92. The Bertz CT molecular complexity index is 699. The van der Waals surface area contributed by atoms with Crippen molar-refractivity contribution in [2.45, 2.75) is 70.5 Å². The van der Waals surface area contributed by atoms with Crippen molar-refractivity contribution in [3.05, 3.63) is 11.6 Å². The SMILES string of the molecule is CO[C@H]1C[C@H]2[C@@H]3CCC4=CC(=O)CC[C@]4(C)[C@H]3CC[C@]2(C)[C@]1(O)C(=O)CO. The lowest BCUT2D eigenvalue weighted by Crippen LogP contribution is -2.61. The van der Waals surface area contributed by atoms with E-state index in [-0.39, 0.29) is 17.1 Å². The lowest BCUT2D eigenvalue weighted by atomic mass is 9.46. The van der Waals surface area contributed by atoms with Crippen molar-refractivity contribution in [1.29, 1.82) is 0 Å². The molecular weight excluding hydrogens is 344 g/mol. The average molecular weight is 376 g/mol. The summed E-state index contributed by atoms with van der Waals surface area (Å²) in [5, 5.41) is 21.0. The minimum Gasteiger partial charge on any atom is -0.388 e. The van der Waals surface area contributed by atoms with Gasteiger partial charge in [0.05, 0.1) is 6.10 Å². The predicted molar refractivity (Wildman–Crippen MR) is 99.9 cm³/mol. The van der Waals surface area contributed by atoms with E-state index >= 15 is 0 Å². The Balaban J connectivity index is 1.72. The van der Waals surface area contributed by atoms with Crippen LogP contribution in [-0.4, -0.2) is 47.2 Å². The van der Waals surface area contributed by atoms with Gasteiger partial charge in [0.15, 0.2) is 17.2 Å². The molecule has 0 unspecified atom stereocenters. The molecule has 27 heavy (non-hydrogen) atoms. The Morgan fingerprint density at radius 3 is 2.63 bits per heavy atom. The lowest BCUT2D eigenvalue weighted by Gasteiger charge is -2.58. The first-order chi connectivity index (χ1) is 12.7. The number of rotatable bonds is 3. The van der Waals surface area contributed by atoms with Gasteiger partial charge in [0.1, 0.15) is 6.61 Å². The third kappa shape index (κ3) is 2.34. The number of carbonyl (C=O) groups is 2. The topological polar surface area (TPSA) is 83.8 Å². The predicted octanol–water partition coefficient (Wildman–Crippen LogP) is 2.44. The monoisotopic (exact) mass is 376 g/mol. The molecule has 0 saturated heterocycles. The molecule has 0 aromatic carbocycles. The van der Waals surface area contributed by atoms with Gasteiger partial charge in [0.25, 0.3) is 0 Å². The summed E-state index contributed by atoms with van der Waals surface area (Å²) in [4.78, 5) is 24.6. The fraction of sp³-hybridized carbons (Fsp3) is 0.818. The summed E-state index contributed by atoms with van der Waals surface area (Å²) in [6, 6.07) is 0. The minimum absolute atomic E-state index is 0.0580. The third-order valence-electron chi connectivity index (χ3n) is 9.01. The number of aliphatic hydroxyl groups is 2. The molecule has 4 aliphatic rings. The Hall–Kier alpha value is -1.04. The number of carbonyl (C=O) groups excluding carboxylic acids is 2. The van der Waals surface area contributed by atoms with Crippen molar-refractivity contribution in [3.63, 3.8) is 0 Å². The zero-order valence-electron chi connectivity index (χ0n) is 16.7. The van der Waals surface area contributed by atoms with Crippen LogP contribution in [0.4, 0.5) is 0 Å². The van der Waals surface area contributed by atoms with E-state index in [9.17, 15) is 19.8 Å². The molecule has 7 atom stereocenters. The van der Waals surface area contributed by atoms with E-state index < -0.39 is 29.5 Å². The zero-order chi connectivity index (χ0) is 19.6. The van der Waals surface area contributed by atoms with E-state index in [2.05, 4.69) is 6.92 Å². The van der Waals surface area contributed by atoms with Crippen LogP contribution in [0.5, 0.6) is 0 Å². The number of hydrogen-bond acceptors (Lipinski definition) is 5. The standard InChI is InChI=1S/C22H32O5/c1-20-8-6-14(24)10-13(20)4-5-15-16(20)7-9-21(2)17(15)11-19(27-3)22(21,26)18(25)12-23/h10,15-17,19,23,26H,4-9,11-12H2,1-3H3/t15-,16+,17+,19+,20+,21+,22+/m1/s1. The van der Waals surface area contributed by atoms with E-state index in [1.807, 2.05) is 13.0 Å². The smallest absolute Gasteiger partial charge is 0.192 e. The van der Waals surface area contributed by atoms with Gasteiger partial charge >= 0.3 is 0 Å². The average Bonchev–Trinajstić information content (AvgIpc) is 2.90. The molecule has 2 N–H and O–H groups in total. The van der Waals surface area contributed by atoms with Crippen LogP contribution < -0.4 is 0 Å². The number of allylic oxidation sites excluding steroid dienone is 1. The van der Waals surface area contributed by atoms with Gasteiger partial charge in [-0.25, -0.2) is 0 Å². The molecule has 0 radical (unpaired) electrons. The van der Waals surface area contributed by atoms with Crippen LogP contribution in [-0.2, 0) is 14.3 Å². The van der Waals surface area contributed by atoms with E-state index in [1.165, 1.54) is 5.57 Å². The van der Waals surface area contributed by atoms with Gasteiger partial charge in [-0.1, -0.05) is 19.4 Å². The maximum atomic E-state index is 12.6. The first-order valence-electron chi connectivity index (χ1n) is 10.4. The Kier molecular flexibility index (Phi) is 4.45. The van der Waals surface area contributed by atoms with Crippen LogP contribution in [0.25, 0.3) is 0 Å². The van der Waals surface area contributed by atoms with Crippen LogP contribution in [0, 0.1) is 28.6 Å². The third-order valence-corrected chi connectivity index (χ3v) is 9.01. The Morgan fingerprint density at radius 2 is 1.96 bits per heavy atom. The summed E-state index contributed by atoms with van der Waals surface area (Å²) >= 11 is 0. The molecule has 4 rings (SSSR count). The van der Waals surface area contributed by atoms with Crippen LogP contribution in [0.15, 0.2) is 11.6 Å². The molecule has 0 aromatic rings. The van der Waals surface area contributed by atoms with Gasteiger partial charge in [-0.15, -0.1) is 0 Å². The second-order valence-electron chi connectivity index (χ2n) is 9.73. The molecule has 0 heterocycles. The molecule has 4 aliphatic carbocycles. The van der Waals surface area contributed by atoms with Gasteiger partial charge in [-0.05, 0) is 67.8 Å². The summed E-state index contributed by atoms with van der Waals surface area (Å²) in [5.74, 6) is 0.830. The maximum absolute atomic E-state index is 12.6. The van der Waals surface area contributed by atoms with E-state index in [4.69, 9.17) is 4.74 Å². The summed E-state index contributed by atoms with van der Waals surface area (Å²) in [6.07, 6.45) is 7.14. The van der Waals surface area contributed by atoms with E-state index in [0.29, 0.717) is 24.7 Å². The zero-order valence-corrected chi connectivity index (χ0v) is 16.7. The summed E-state index contributed by atoms with van der Waals surface area (Å²) in [6.45, 7) is 3.69. The van der Waals surface area contributed by atoms with Gasteiger partial charge < -0.3 is 14.9 Å². The number of ether oxygens (including phenoxy) is 1. The van der Waals surface area contributed by atoms with Crippen molar-refractivity contribution < 1.29 is 24.5 Å². The highest BCUT2D eigenvalue weighted by Crippen LogP contribution is 2.67. The molecule has 0 amide bonds. The Labute approximate surface area is 161 Å². The van der Waals surface area contributed by atoms with Crippen LogP contribution in [0.3, 0.4) is 0 Å². The molecule has 0 aromatic heterocycles. The van der Waals surface area contributed by atoms with E-state index in [1.54, 1.807) is 7.11 Å². The number of fused-ring (bicyclic) bond motifs is 5.